The van der Waals surface area contributed by atoms with Gasteiger partial charge in [-0.25, -0.2) is 14.6 Å². The van der Waals surface area contributed by atoms with E-state index in [2.05, 4.69) is 20.4 Å². The first-order chi connectivity index (χ1) is 9.60. The fourth-order valence-corrected chi connectivity index (χ4v) is 2.80. The Morgan fingerprint density at radius 1 is 1.50 bits per heavy atom. The molecule has 0 aliphatic rings. The molecule has 3 N–H and O–H groups in total. The molecule has 0 saturated carbocycles. The second kappa shape index (κ2) is 5.06. The van der Waals surface area contributed by atoms with Crippen LogP contribution in [0, 0.1) is 0 Å². The number of hydrogen-bond donors (Lipinski definition) is 2. The zero-order valence-electron chi connectivity index (χ0n) is 10.1. The Hall–Kier alpha value is -2.19. The van der Waals surface area contributed by atoms with Crippen LogP contribution in [0.2, 0.25) is 5.02 Å². The van der Waals surface area contributed by atoms with E-state index >= 15 is 0 Å². The number of fused-ring (bicyclic) bond motifs is 1. The summed E-state index contributed by atoms with van der Waals surface area (Å²) in [4.78, 5) is 19.9. The number of benzene rings is 1. The minimum absolute atomic E-state index is 0.0287. The van der Waals surface area contributed by atoms with Crippen LogP contribution in [-0.4, -0.2) is 25.7 Å². The van der Waals surface area contributed by atoms with Crippen LogP contribution in [0.5, 0.6) is 0 Å². The Kier molecular flexibility index (Phi) is 3.25. The lowest BCUT2D eigenvalue weighted by molar-refractivity contribution is -0.116. The maximum atomic E-state index is 11.8. The van der Waals surface area contributed by atoms with Gasteiger partial charge in [-0.3, -0.25) is 4.79 Å². The molecule has 1 amide bonds. The predicted octanol–water partition coefficient (Wildman–Crippen LogP) is 1.76. The number of halogens is 1. The van der Waals surface area contributed by atoms with Gasteiger partial charge in [-0.15, -0.1) is 5.10 Å². The number of thiazole rings is 1. The van der Waals surface area contributed by atoms with Crippen molar-refractivity contribution in [3.63, 3.8) is 0 Å². The molecule has 0 saturated heterocycles. The van der Waals surface area contributed by atoms with Crippen LogP contribution in [0.4, 0.5) is 11.1 Å². The lowest BCUT2D eigenvalue weighted by Crippen LogP contribution is -2.19. The van der Waals surface area contributed by atoms with Gasteiger partial charge >= 0.3 is 0 Å². The summed E-state index contributed by atoms with van der Waals surface area (Å²) in [6.45, 7) is 0.0287. The first-order valence-electron chi connectivity index (χ1n) is 5.61. The first-order valence-corrected chi connectivity index (χ1v) is 6.80. The lowest BCUT2D eigenvalue weighted by Gasteiger charge is -2.00. The minimum Gasteiger partial charge on any atom is -0.367 e. The summed E-state index contributed by atoms with van der Waals surface area (Å²) in [7, 11) is 0. The molecular formula is C11H9ClN6OS. The fourth-order valence-electron chi connectivity index (χ4n) is 1.64. The third-order valence-electron chi connectivity index (χ3n) is 2.46. The molecule has 1 aromatic carbocycles. The Labute approximate surface area is 122 Å². The highest BCUT2D eigenvalue weighted by Crippen LogP contribution is 2.28. The summed E-state index contributed by atoms with van der Waals surface area (Å²) in [5, 5.41) is 7.69. The highest BCUT2D eigenvalue weighted by atomic mass is 35.5. The number of carbonyl (C=O) groups excluding carboxylic acids is 1. The van der Waals surface area contributed by atoms with Crippen molar-refractivity contribution < 1.29 is 4.79 Å². The Morgan fingerprint density at radius 3 is 3.10 bits per heavy atom. The second-order valence-corrected chi connectivity index (χ2v) is 5.45. The minimum atomic E-state index is -0.250. The molecule has 0 spiro atoms. The number of anilines is 2. The van der Waals surface area contributed by atoms with Gasteiger partial charge in [0.15, 0.2) is 5.13 Å². The maximum absolute atomic E-state index is 11.8. The van der Waals surface area contributed by atoms with Crippen molar-refractivity contribution in [1.82, 2.24) is 19.7 Å². The Balaban J connectivity index is 1.73. The molecule has 0 aliphatic carbocycles. The average Bonchev–Trinajstić information content (AvgIpc) is 2.94. The van der Waals surface area contributed by atoms with Gasteiger partial charge in [0.05, 0.1) is 10.2 Å². The predicted molar refractivity (Wildman–Crippen MR) is 77.7 cm³/mol. The standard InChI is InChI=1S/C11H9ClN6OS/c12-6-1-2-7-8(3-6)20-11(15-7)16-9(19)4-18-5-14-10(13)17-18/h1-3,5H,4H2,(H2,13,17)(H,15,16,19). The summed E-state index contributed by atoms with van der Waals surface area (Å²) >= 11 is 7.26. The normalized spacial score (nSPS) is 10.8. The Morgan fingerprint density at radius 2 is 2.35 bits per heavy atom. The van der Waals surface area contributed by atoms with Crippen molar-refractivity contribution in [3.8, 4) is 0 Å². The molecular weight excluding hydrogens is 300 g/mol. The molecule has 0 fully saturated rings. The van der Waals surface area contributed by atoms with Crippen LogP contribution in [-0.2, 0) is 11.3 Å². The van der Waals surface area contributed by atoms with Gasteiger partial charge < -0.3 is 11.1 Å². The molecule has 0 aliphatic heterocycles. The number of aromatic nitrogens is 4. The molecule has 2 aromatic heterocycles. The lowest BCUT2D eigenvalue weighted by atomic mass is 10.3. The molecule has 7 nitrogen and oxygen atoms in total. The van der Waals surface area contributed by atoms with Crippen molar-refractivity contribution in [2.45, 2.75) is 6.54 Å². The third-order valence-corrected chi connectivity index (χ3v) is 3.63. The smallest absolute Gasteiger partial charge is 0.247 e. The molecule has 0 unspecified atom stereocenters. The second-order valence-electron chi connectivity index (χ2n) is 3.98. The average molecular weight is 309 g/mol. The van der Waals surface area contributed by atoms with Gasteiger partial charge in [0.2, 0.25) is 11.9 Å². The molecule has 102 valence electrons. The van der Waals surface area contributed by atoms with Gasteiger partial charge in [-0.2, -0.15) is 0 Å². The third kappa shape index (κ3) is 2.70. The van der Waals surface area contributed by atoms with Crippen molar-refractivity contribution in [2.24, 2.45) is 0 Å². The Bertz CT molecular complexity index is 782. The topological polar surface area (TPSA) is 98.7 Å². The van der Waals surface area contributed by atoms with Crippen molar-refractivity contribution >= 4 is 50.1 Å². The van der Waals surface area contributed by atoms with Crippen molar-refractivity contribution in [3.05, 3.63) is 29.5 Å². The monoisotopic (exact) mass is 308 g/mol. The van der Waals surface area contributed by atoms with Crippen LogP contribution in [0.1, 0.15) is 0 Å². The number of nitrogen functional groups attached to an aromatic ring is 1. The van der Waals surface area contributed by atoms with Gasteiger partial charge in [0, 0.05) is 5.02 Å². The van der Waals surface area contributed by atoms with E-state index in [0.717, 1.165) is 10.2 Å². The van der Waals surface area contributed by atoms with E-state index in [0.29, 0.717) is 10.2 Å². The van der Waals surface area contributed by atoms with Crippen LogP contribution in [0.25, 0.3) is 10.2 Å². The fraction of sp³-hybridized carbons (Fsp3) is 0.0909. The molecule has 3 rings (SSSR count). The van der Waals surface area contributed by atoms with Gasteiger partial charge in [0.25, 0.3) is 0 Å². The van der Waals surface area contributed by atoms with Gasteiger partial charge in [-0.1, -0.05) is 22.9 Å². The van der Waals surface area contributed by atoms with E-state index in [1.165, 1.54) is 22.3 Å². The largest absolute Gasteiger partial charge is 0.367 e. The number of nitrogens with zero attached hydrogens (tertiary/aromatic N) is 4. The molecule has 0 bridgehead atoms. The molecule has 20 heavy (non-hydrogen) atoms. The van der Waals surface area contributed by atoms with Gasteiger partial charge in [0.1, 0.15) is 12.9 Å². The maximum Gasteiger partial charge on any atom is 0.247 e. The summed E-state index contributed by atoms with van der Waals surface area (Å²) in [5.41, 5.74) is 6.17. The van der Waals surface area contributed by atoms with Crippen LogP contribution < -0.4 is 11.1 Å². The number of carbonyl (C=O) groups is 1. The molecule has 3 aromatic rings. The van der Waals surface area contributed by atoms with E-state index in [9.17, 15) is 4.79 Å². The number of amides is 1. The molecule has 9 heteroatoms. The SMILES string of the molecule is Nc1ncn(CC(=O)Nc2nc3ccc(Cl)cc3s2)n1. The molecule has 0 atom stereocenters. The van der Waals surface area contributed by atoms with Gasteiger partial charge in [-0.05, 0) is 18.2 Å². The molecule has 2 heterocycles. The quantitative estimate of drug-likeness (QED) is 0.768. The number of nitrogens with two attached hydrogens (primary N) is 1. The van der Waals surface area contributed by atoms with E-state index in [1.54, 1.807) is 6.07 Å². The number of rotatable bonds is 3. The summed E-state index contributed by atoms with van der Waals surface area (Å²) in [5.74, 6) is -0.118. The summed E-state index contributed by atoms with van der Waals surface area (Å²) < 4.78 is 2.27. The van der Waals surface area contributed by atoms with Crippen LogP contribution in [0.15, 0.2) is 24.5 Å². The van der Waals surface area contributed by atoms with E-state index in [4.69, 9.17) is 17.3 Å². The van der Waals surface area contributed by atoms with Crippen LogP contribution >= 0.6 is 22.9 Å². The van der Waals surface area contributed by atoms with E-state index in [1.807, 2.05) is 12.1 Å². The van der Waals surface area contributed by atoms with Crippen LogP contribution in [0.3, 0.4) is 0 Å². The van der Waals surface area contributed by atoms with Crippen molar-refractivity contribution in [1.29, 1.82) is 0 Å². The first kappa shape index (κ1) is 12.8. The number of nitrogens with one attached hydrogen (secondary N) is 1. The summed E-state index contributed by atoms with van der Waals surface area (Å²) in [6, 6.07) is 5.37. The molecule has 0 radical (unpaired) electrons. The summed E-state index contributed by atoms with van der Waals surface area (Å²) in [6.07, 6.45) is 1.40. The highest BCUT2D eigenvalue weighted by Gasteiger charge is 2.09. The highest BCUT2D eigenvalue weighted by molar-refractivity contribution is 7.22. The zero-order valence-corrected chi connectivity index (χ0v) is 11.6. The zero-order chi connectivity index (χ0) is 14.1. The number of hydrogen-bond acceptors (Lipinski definition) is 6. The van der Waals surface area contributed by atoms with Crippen molar-refractivity contribution in [2.75, 3.05) is 11.1 Å². The van der Waals surface area contributed by atoms with E-state index < -0.39 is 0 Å². The van der Waals surface area contributed by atoms with E-state index in [-0.39, 0.29) is 18.4 Å².